The van der Waals surface area contributed by atoms with Crippen LogP contribution in [0.4, 0.5) is 5.69 Å². The van der Waals surface area contributed by atoms with Gasteiger partial charge in [-0.1, -0.05) is 17.7 Å². The lowest BCUT2D eigenvalue weighted by molar-refractivity contribution is -0.143. The van der Waals surface area contributed by atoms with Crippen molar-refractivity contribution in [2.24, 2.45) is 0 Å². The lowest BCUT2D eigenvalue weighted by atomic mass is 10.1. The molecule has 1 N–H and O–H groups in total. The van der Waals surface area contributed by atoms with E-state index in [4.69, 9.17) is 16.3 Å². The number of carbonyl (C=O) groups excluding carboxylic acids is 1. The van der Waals surface area contributed by atoms with Gasteiger partial charge in [-0.05, 0) is 25.1 Å². The second kappa shape index (κ2) is 4.58. The van der Waals surface area contributed by atoms with Crippen LogP contribution >= 0.6 is 11.6 Å². The van der Waals surface area contributed by atoms with Gasteiger partial charge in [0, 0.05) is 28.9 Å². The monoisotopic (exact) mass is 237 g/mol. The molecular weight excluding hydrogens is 226 g/mol. The average molecular weight is 238 g/mol. The van der Waals surface area contributed by atoms with Gasteiger partial charge >= 0.3 is 5.97 Å². The Morgan fingerprint density at radius 1 is 1.50 bits per heavy atom. The van der Waals surface area contributed by atoms with Crippen molar-refractivity contribution in [1.29, 1.82) is 0 Å². The second-order valence-corrected chi connectivity index (χ2v) is 4.19. The Bertz CT molecular complexity index is 442. The van der Waals surface area contributed by atoms with Crippen LogP contribution in [0.15, 0.2) is 36.0 Å². The van der Waals surface area contributed by atoms with E-state index >= 15 is 0 Å². The molecule has 0 bridgehead atoms. The van der Waals surface area contributed by atoms with Crippen molar-refractivity contribution in [3.63, 3.8) is 0 Å². The summed E-state index contributed by atoms with van der Waals surface area (Å²) in [6.45, 7) is 1.87. The highest BCUT2D eigenvalue weighted by Gasteiger charge is 2.17. The largest absolute Gasteiger partial charge is 0.459 e. The summed E-state index contributed by atoms with van der Waals surface area (Å²) in [6.07, 6.45) is 2.08. The summed E-state index contributed by atoms with van der Waals surface area (Å²) in [6, 6.07) is 7.37. The number of hydrogen-bond donors (Lipinski definition) is 1. The number of esters is 1. The summed E-state index contributed by atoms with van der Waals surface area (Å²) < 4.78 is 5.00. The Labute approximate surface area is 99.1 Å². The van der Waals surface area contributed by atoms with Crippen LogP contribution in [0.2, 0.25) is 5.02 Å². The first-order chi connectivity index (χ1) is 7.63. The third-order valence-corrected chi connectivity index (χ3v) is 2.48. The second-order valence-electron chi connectivity index (χ2n) is 3.76. The van der Waals surface area contributed by atoms with Gasteiger partial charge in [-0.25, -0.2) is 4.79 Å². The molecule has 16 heavy (non-hydrogen) atoms. The molecule has 0 saturated heterocycles. The van der Waals surface area contributed by atoms with E-state index in [1.54, 1.807) is 6.07 Å². The van der Waals surface area contributed by atoms with Gasteiger partial charge in [-0.3, -0.25) is 0 Å². The molecule has 0 fully saturated rings. The molecule has 84 valence electrons. The van der Waals surface area contributed by atoms with E-state index in [0.717, 1.165) is 11.4 Å². The van der Waals surface area contributed by atoms with Gasteiger partial charge in [0.1, 0.15) is 6.10 Å². The van der Waals surface area contributed by atoms with Gasteiger partial charge in [0.05, 0.1) is 0 Å². The summed E-state index contributed by atoms with van der Waals surface area (Å²) >= 11 is 5.87. The van der Waals surface area contributed by atoms with Gasteiger partial charge in [0.25, 0.3) is 0 Å². The molecule has 0 amide bonds. The minimum atomic E-state index is -0.303. The predicted octanol–water partition coefficient (Wildman–Crippen LogP) is 2.97. The van der Waals surface area contributed by atoms with Gasteiger partial charge in [-0.2, -0.15) is 0 Å². The van der Waals surface area contributed by atoms with Crippen LogP contribution in [0.25, 0.3) is 0 Å². The van der Waals surface area contributed by atoms with Gasteiger partial charge in [0.2, 0.25) is 0 Å². The first-order valence-electron chi connectivity index (χ1n) is 5.07. The molecule has 1 unspecified atom stereocenters. The van der Waals surface area contributed by atoms with Crippen LogP contribution in [0.5, 0.6) is 0 Å². The molecule has 4 heteroatoms. The SMILES string of the molecule is CC1CC(Nc2cccc(Cl)c2)=CC(=O)O1. The molecule has 2 rings (SSSR count). The van der Waals surface area contributed by atoms with Crippen LogP contribution in [0.1, 0.15) is 13.3 Å². The maximum absolute atomic E-state index is 11.2. The molecule has 1 aliphatic rings. The third-order valence-electron chi connectivity index (χ3n) is 2.25. The number of halogens is 1. The molecule has 1 heterocycles. The molecule has 0 aromatic heterocycles. The Morgan fingerprint density at radius 3 is 3.00 bits per heavy atom. The number of nitrogens with one attached hydrogen (secondary N) is 1. The van der Waals surface area contributed by atoms with E-state index < -0.39 is 0 Å². The highest BCUT2D eigenvalue weighted by atomic mass is 35.5. The first-order valence-corrected chi connectivity index (χ1v) is 5.45. The quantitative estimate of drug-likeness (QED) is 0.804. The zero-order valence-electron chi connectivity index (χ0n) is 8.87. The standard InChI is InChI=1S/C12H12ClNO2/c1-8-5-11(7-12(15)16-8)14-10-4-2-3-9(13)6-10/h2-4,6-8,14H,5H2,1H3. The van der Waals surface area contributed by atoms with Crippen LogP contribution in [0.3, 0.4) is 0 Å². The maximum Gasteiger partial charge on any atom is 0.332 e. The molecule has 0 radical (unpaired) electrons. The predicted molar refractivity (Wildman–Crippen MR) is 63.3 cm³/mol. The summed E-state index contributed by atoms with van der Waals surface area (Å²) in [5.74, 6) is -0.303. The number of carbonyl (C=O) groups is 1. The summed E-state index contributed by atoms with van der Waals surface area (Å²) in [5, 5.41) is 3.82. The van der Waals surface area contributed by atoms with Crippen LogP contribution in [-0.2, 0) is 9.53 Å². The lowest BCUT2D eigenvalue weighted by Crippen LogP contribution is -2.22. The van der Waals surface area contributed by atoms with Gasteiger partial charge in [-0.15, -0.1) is 0 Å². The summed E-state index contributed by atoms with van der Waals surface area (Å²) in [7, 11) is 0. The molecule has 1 aromatic carbocycles. The van der Waals surface area contributed by atoms with Crippen LogP contribution in [0, 0.1) is 0 Å². The van der Waals surface area contributed by atoms with Crippen molar-refractivity contribution >= 4 is 23.3 Å². The molecule has 1 aromatic rings. The number of cyclic esters (lactones) is 1. The number of benzene rings is 1. The molecule has 0 spiro atoms. The fourth-order valence-electron chi connectivity index (χ4n) is 1.62. The fourth-order valence-corrected chi connectivity index (χ4v) is 1.81. The van der Waals surface area contributed by atoms with Crippen LogP contribution < -0.4 is 5.32 Å². The minimum absolute atomic E-state index is 0.0841. The number of hydrogen-bond acceptors (Lipinski definition) is 3. The van der Waals surface area contributed by atoms with Crippen molar-refractivity contribution in [2.75, 3.05) is 5.32 Å². The van der Waals surface area contributed by atoms with E-state index in [9.17, 15) is 4.79 Å². The van der Waals surface area contributed by atoms with Crippen molar-refractivity contribution < 1.29 is 9.53 Å². The Kier molecular flexibility index (Phi) is 3.15. The molecular formula is C12H12ClNO2. The number of anilines is 1. The van der Waals surface area contributed by atoms with Gasteiger partial charge in [0.15, 0.2) is 0 Å². The Morgan fingerprint density at radius 2 is 2.31 bits per heavy atom. The smallest absolute Gasteiger partial charge is 0.332 e. The average Bonchev–Trinajstić information content (AvgIpc) is 2.15. The van der Waals surface area contributed by atoms with Gasteiger partial charge < -0.3 is 10.1 Å². The zero-order chi connectivity index (χ0) is 11.5. The minimum Gasteiger partial charge on any atom is -0.459 e. The third kappa shape index (κ3) is 2.76. The van der Waals surface area contributed by atoms with Crippen LogP contribution in [-0.4, -0.2) is 12.1 Å². The molecule has 3 nitrogen and oxygen atoms in total. The normalized spacial score (nSPS) is 20.0. The lowest BCUT2D eigenvalue weighted by Gasteiger charge is -2.20. The highest BCUT2D eigenvalue weighted by molar-refractivity contribution is 6.30. The van der Waals surface area contributed by atoms with E-state index in [0.29, 0.717) is 11.4 Å². The van der Waals surface area contributed by atoms with Crippen molar-refractivity contribution in [1.82, 2.24) is 0 Å². The maximum atomic E-state index is 11.2. The fraction of sp³-hybridized carbons (Fsp3) is 0.250. The first kappa shape index (κ1) is 11.0. The highest BCUT2D eigenvalue weighted by Crippen LogP contribution is 2.20. The van der Waals surface area contributed by atoms with E-state index in [-0.39, 0.29) is 12.1 Å². The van der Waals surface area contributed by atoms with Crippen molar-refractivity contribution in [3.8, 4) is 0 Å². The number of rotatable bonds is 2. The summed E-state index contributed by atoms with van der Waals surface area (Å²) in [5.41, 5.74) is 1.73. The van der Waals surface area contributed by atoms with Crippen molar-refractivity contribution in [2.45, 2.75) is 19.4 Å². The van der Waals surface area contributed by atoms with E-state index in [2.05, 4.69) is 5.32 Å². The topological polar surface area (TPSA) is 38.3 Å². The Hall–Kier alpha value is -1.48. The van der Waals surface area contributed by atoms with E-state index in [1.807, 2.05) is 25.1 Å². The molecule has 1 aliphatic heterocycles. The molecule has 0 saturated carbocycles. The zero-order valence-corrected chi connectivity index (χ0v) is 9.62. The van der Waals surface area contributed by atoms with E-state index in [1.165, 1.54) is 6.08 Å². The van der Waals surface area contributed by atoms with Crippen molar-refractivity contribution in [3.05, 3.63) is 41.1 Å². The molecule has 0 aliphatic carbocycles. The Balaban J connectivity index is 2.13. The summed E-state index contributed by atoms with van der Waals surface area (Å²) in [4.78, 5) is 11.2. The molecule has 1 atom stereocenters. The number of ether oxygens (including phenoxy) is 1.